The van der Waals surface area contributed by atoms with Gasteiger partial charge in [0.25, 0.3) is 11.8 Å². The molecule has 0 fully saturated rings. The molecule has 6 N–H and O–H groups in total. The van der Waals surface area contributed by atoms with Crippen molar-refractivity contribution >= 4 is 23.4 Å². The van der Waals surface area contributed by atoms with Gasteiger partial charge in [0.05, 0.1) is 12.6 Å². The third-order valence-corrected chi connectivity index (χ3v) is 5.46. The Morgan fingerprint density at radius 3 is 2.10 bits per heavy atom. The number of amides is 3. The molecule has 3 aromatic carbocycles. The highest BCUT2D eigenvalue weighted by molar-refractivity contribution is 5.97. The van der Waals surface area contributed by atoms with Crippen LogP contribution in [0.3, 0.4) is 0 Å². The van der Waals surface area contributed by atoms with Gasteiger partial charge in [0.15, 0.2) is 0 Å². The third-order valence-electron chi connectivity index (χ3n) is 5.46. The Hall–Kier alpha value is -5.00. The van der Waals surface area contributed by atoms with E-state index >= 15 is 0 Å². The maximum atomic E-state index is 13.2. The van der Waals surface area contributed by atoms with Crippen molar-refractivity contribution in [2.75, 3.05) is 11.9 Å². The molecular formula is C31H31FN4O5. The smallest absolute Gasteiger partial charge is 0.268 e. The molecule has 0 aliphatic carbocycles. The van der Waals surface area contributed by atoms with E-state index in [1.807, 2.05) is 0 Å². The Morgan fingerprint density at radius 1 is 0.927 bits per heavy atom. The van der Waals surface area contributed by atoms with E-state index in [0.717, 1.165) is 5.56 Å². The largest absolute Gasteiger partial charge is 0.391 e. The maximum Gasteiger partial charge on any atom is 0.268 e. The van der Waals surface area contributed by atoms with Gasteiger partial charge in [0, 0.05) is 28.9 Å². The quantitative estimate of drug-likeness (QED) is 0.136. The number of aliphatic hydroxyl groups excluding tert-OH is 1. The van der Waals surface area contributed by atoms with Crippen molar-refractivity contribution in [3.63, 3.8) is 0 Å². The van der Waals surface area contributed by atoms with Crippen molar-refractivity contribution < 1.29 is 29.1 Å². The molecule has 0 aromatic heterocycles. The molecule has 10 heteroatoms. The second kappa shape index (κ2) is 16.2. The summed E-state index contributed by atoms with van der Waals surface area (Å²) in [4.78, 5) is 36.0. The molecular weight excluding hydrogens is 527 g/mol. The molecule has 0 saturated heterocycles. The number of nitrogens with one attached hydrogen (secondary N) is 4. The Kier molecular flexibility index (Phi) is 12.7. The number of benzene rings is 3. The molecule has 2 atom stereocenters. The molecule has 0 bridgehead atoms. The first-order valence-electron chi connectivity index (χ1n) is 12.1. The highest BCUT2D eigenvalue weighted by Crippen LogP contribution is 2.09. The number of hydroxylamine groups is 1. The minimum absolute atomic E-state index is 0. The fraction of sp³-hybridized carbons (Fsp3) is 0.194. The lowest BCUT2D eigenvalue weighted by Gasteiger charge is -2.19. The van der Waals surface area contributed by atoms with Crippen molar-refractivity contribution in [3.05, 3.63) is 101 Å². The fourth-order valence-electron chi connectivity index (χ4n) is 3.42. The van der Waals surface area contributed by atoms with Crippen molar-refractivity contribution in [1.82, 2.24) is 16.1 Å². The zero-order valence-electron chi connectivity index (χ0n) is 21.5. The van der Waals surface area contributed by atoms with E-state index < -0.39 is 24.0 Å². The van der Waals surface area contributed by atoms with Crippen LogP contribution in [0.1, 0.15) is 41.4 Å². The van der Waals surface area contributed by atoms with Crippen molar-refractivity contribution in [2.24, 2.45) is 0 Å². The van der Waals surface area contributed by atoms with Crippen LogP contribution in [0.2, 0.25) is 0 Å². The van der Waals surface area contributed by atoms with Gasteiger partial charge in [-0.2, -0.15) is 0 Å². The van der Waals surface area contributed by atoms with E-state index in [0.29, 0.717) is 23.4 Å². The first kappa shape index (κ1) is 32.2. The van der Waals surface area contributed by atoms with Crippen LogP contribution < -0.4 is 21.4 Å². The summed E-state index contributed by atoms with van der Waals surface area (Å²) in [5, 5.41) is 26.5. The Bertz CT molecular complexity index is 1470. The molecule has 3 amide bonds. The Morgan fingerprint density at radius 2 is 1.54 bits per heavy atom. The first-order chi connectivity index (χ1) is 19.2. The van der Waals surface area contributed by atoms with Gasteiger partial charge in [-0.25, -0.2) is 9.87 Å². The minimum atomic E-state index is -1.31. The number of aliphatic hydroxyl groups is 1. The van der Waals surface area contributed by atoms with Crippen LogP contribution in [0.15, 0.2) is 72.8 Å². The van der Waals surface area contributed by atoms with E-state index in [1.165, 1.54) is 36.7 Å². The third kappa shape index (κ3) is 10.6. The summed E-state index contributed by atoms with van der Waals surface area (Å²) in [5.74, 6) is 9.14. The number of carbonyl (C=O) groups is 3. The number of rotatable bonds is 9. The maximum absolute atomic E-state index is 13.2. The second-order valence-corrected chi connectivity index (χ2v) is 8.60. The average Bonchev–Trinajstić information content (AvgIpc) is 2.94. The summed E-state index contributed by atoms with van der Waals surface area (Å²) in [7, 11) is 0. The topological polar surface area (TPSA) is 140 Å². The van der Waals surface area contributed by atoms with Crippen molar-refractivity contribution in [2.45, 2.75) is 33.0 Å². The van der Waals surface area contributed by atoms with Gasteiger partial charge < -0.3 is 21.1 Å². The second-order valence-electron chi connectivity index (χ2n) is 8.60. The van der Waals surface area contributed by atoms with Crippen LogP contribution in [-0.4, -0.2) is 46.7 Å². The standard InChI is InChI=1S/C30H27FN4O5.CH4/c1-20(36)28(30(39)35-40)34-29(38)24-13-9-21(10-14-24)5-2-3-6-22-11-15-26(16-12-22)33-27(37)19-32-18-23-7-4-8-25(31)17-23;/h4,7-17,20,28,32,36,40H,18-19H2,1H3,(H,33,37)(H,34,38)(H,35,39);1H4/t20-,28+;/m1./s1. The van der Waals surface area contributed by atoms with Gasteiger partial charge >= 0.3 is 0 Å². The number of halogens is 1. The van der Waals surface area contributed by atoms with E-state index in [4.69, 9.17) is 5.21 Å². The average molecular weight is 559 g/mol. The summed E-state index contributed by atoms with van der Waals surface area (Å²) in [6.07, 6.45) is -1.21. The molecule has 41 heavy (non-hydrogen) atoms. The van der Waals surface area contributed by atoms with E-state index in [9.17, 15) is 23.9 Å². The lowest BCUT2D eigenvalue weighted by Crippen LogP contribution is -2.51. The van der Waals surface area contributed by atoms with Gasteiger partial charge in [0.2, 0.25) is 5.91 Å². The molecule has 9 nitrogen and oxygen atoms in total. The zero-order valence-corrected chi connectivity index (χ0v) is 21.5. The normalized spacial score (nSPS) is 11.2. The summed E-state index contributed by atoms with van der Waals surface area (Å²) < 4.78 is 13.2. The van der Waals surface area contributed by atoms with Crippen LogP contribution in [0, 0.1) is 29.5 Å². The molecule has 0 spiro atoms. The van der Waals surface area contributed by atoms with Crippen LogP contribution >= 0.6 is 0 Å². The number of hydrogen-bond donors (Lipinski definition) is 6. The molecule has 0 radical (unpaired) electrons. The van der Waals surface area contributed by atoms with Gasteiger partial charge in [0.1, 0.15) is 11.9 Å². The first-order valence-corrected chi connectivity index (χ1v) is 12.1. The van der Waals surface area contributed by atoms with Gasteiger partial charge in [-0.05, 0) is 85.0 Å². The number of hydrogen-bond acceptors (Lipinski definition) is 6. The number of carbonyl (C=O) groups excluding carboxylic acids is 3. The summed E-state index contributed by atoms with van der Waals surface area (Å²) in [5.41, 5.74) is 4.30. The van der Waals surface area contributed by atoms with Crippen LogP contribution in [0.4, 0.5) is 10.1 Å². The molecule has 3 aromatic rings. The highest BCUT2D eigenvalue weighted by Gasteiger charge is 2.25. The van der Waals surface area contributed by atoms with E-state index in [2.05, 4.69) is 39.6 Å². The van der Waals surface area contributed by atoms with Crippen LogP contribution in [0.25, 0.3) is 0 Å². The minimum Gasteiger partial charge on any atom is -0.391 e. The van der Waals surface area contributed by atoms with Crippen LogP contribution in [-0.2, 0) is 16.1 Å². The summed E-state index contributed by atoms with van der Waals surface area (Å²) in [6.45, 7) is 1.75. The van der Waals surface area contributed by atoms with Crippen molar-refractivity contribution in [3.8, 4) is 23.7 Å². The predicted molar refractivity (Wildman–Crippen MR) is 153 cm³/mol. The molecule has 0 unspecified atom stereocenters. The molecule has 0 heterocycles. The predicted octanol–water partition coefficient (Wildman–Crippen LogP) is 2.58. The van der Waals surface area contributed by atoms with Gasteiger partial charge in [-0.3, -0.25) is 19.6 Å². The lowest BCUT2D eigenvalue weighted by molar-refractivity contribution is -0.133. The Balaban J connectivity index is 0.00000588. The van der Waals surface area contributed by atoms with Crippen molar-refractivity contribution in [1.29, 1.82) is 0 Å². The Labute approximate surface area is 238 Å². The lowest BCUT2D eigenvalue weighted by atomic mass is 10.1. The SMILES string of the molecule is C.C[C@@H](O)[C@H](NC(=O)c1ccc(C#CC#Cc2ccc(NC(=O)CNCc3cccc(F)c3)cc2)cc1)C(=O)NO. The molecule has 0 aliphatic heterocycles. The van der Waals surface area contributed by atoms with E-state index in [-0.39, 0.29) is 31.3 Å². The highest BCUT2D eigenvalue weighted by atomic mass is 19.1. The van der Waals surface area contributed by atoms with E-state index in [1.54, 1.807) is 48.5 Å². The monoisotopic (exact) mass is 558 g/mol. The van der Waals surface area contributed by atoms with Gasteiger partial charge in [-0.15, -0.1) is 0 Å². The summed E-state index contributed by atoms with van der Waals surface area (Å²) in [6, 6.07) is 18.0. The fourth-order valence-corrected chi connectivity index (χ4v) is 3.42. The molecule has 212 valence electrons. The van der Waals surface area contributed by atoms with Crippen LogP contribution in [0.5, 0.6) is 0 Å². The molecule has 0 saturated carbocycles. The number of anilines is 1. The molecule has 3 rings (SSSR count). The zero-order chi connectivity index (χ0) is 28.9. The molecule has 0 aliphatic rings. The summed E-state index contributed by atoms with van der Waals surface area (Å²) >= 11 is 0. The van der Waals surface area contributed by atoms with Gasteiger partial charge in [-0.1, -0.05) is 31.4 Å².